The molecule has 18 heavy (non-hydrogen) atoms. The Morgan fingerprint density at radius 3 is 2.72 bits per heavy atom. The predicted octanol–water partition coefficient (Wildman–Crippen LogP) is 2.91. The molecular formula is C13H16BrClN2O. The molecule has 1 heterocycles. The number of amides is 1. The molecule has 0 unspecified atom stereocenters. The van der Waals surface area contributed by atoms with Gasteiger partial charge in [-0.3, -0.25) is 4.79 Å². The van der Waals surface area contributed by atoms with Crippen molar-refractivity contribution in [3.8, 4) is 0 Å². The Labute approximate surface area is 120 Å². The Morgan fingerprint density at radius 2 is 2.11 bits per heavy atom. The largest absolute Gasteiger partial charge is 0.339 e. The third-order valence-electron chi connectivity index (χ3n) is 3.39. The van der Waals surface area contributed by atoms with Gasteiger partial charge in [0.25, 0.3) is 5.91 Å². The highest BCUT2D eigenvalue weighted by atomic mass is 79.9. The van der Waals surface area contributed by atoms with E-state index in [1.807, 2.05) is 11.0 Å². The van der Waals surface area contributed by atoms with Gasteiger partial charge in [-0.1, -0.05) is 27.5 Å². The van der Waals surface area contributed by atoms with Crippen LogP contribution in [0, 0.1) is 5.92 Å². The highest BCUT2D eigenvalue weighted by molar-refractivity contribution is 9.10. The van der Waals surface area contributed by atoms with Crippen molar-refractivity contribution in [1.29, 1.82) is 0 Å². The van der Waals surface area contributed by atoms with Gasteiger partial charge in [-0.05, 0) is 43.5 Å². The van der Waals surface area contributed by atoms with E-state index in [0.29, 0.717) is 23.0 Å². The Hall–Kier alpha value is -0.580. The van der Waals surface area contributed by atoms with Crippen LogP contribution >= 0.6 is 27.5 Å². The lowest BCUT2D eigenvalue weighted by Crippen LogP contribution is -2.40. The van der Waals surface area contributed by atoms with Crippen molar-refractivity contribution in [2.24, 2.45) is 11.7 Å². The van der Waals surface area contributed by atoms with Crippen molar-refractivity contribution in [1.82, 2.24) is 4.90 Å². The van der Waals surface area contributed by atoms with E-state index in [0.717, 1.165) is 30.4 Å². The van der Waals surface area contributed by atoms with Crippen LogP contribution in [0.25, 0.3) is 0 Å². The van der Waals surface area contributed by atoms with E-state index >= 15 is 0 Å². The Balaban J connectivity index is 2.10. The first kappa shape index (κ1) is 13.8. The quantitative estimate of drug-likeness (QED) is 0.905. The molecule has 5 heteroatoms. The lowest BCUT2D eigenvalue weighted by molar-refractivity contribution is 0.0693. The molecule has 1 saturated heterocycles. The lowest BCUT2D eigenvalue weighted by atomic mass is 9.96. The average Bonchev–Trinajstić information content (AvgIpc) is 2.41. The van der Waals surface area contributed by atoms with E-state index in [1.54, 1.807) is 12.1 Å². The summed E-state index contributed by atoms with van der Waals surface area (Å²) in [5, 5.41) is 0.504. The van der Waals surface area contributed by atoms with Crippen molar-refractivity contribution in [2.75, 3.05) is 19.6 Å². The summed E-state index contributed by atoms with van der Waals surface area (Å²) in [6.45, 7) is 2.24. The van der Waals surface area contributed by atoms with Crippen molar-refractivity contribution >= 4 is 33.4 Å². The Morgan fingerprint density at radius 1 is 1.44 bits per heavy atom. The highest BCUT2D eigenvalue weighted by Gasteiger charge is 2.24. The number of likely N-dealkylation sites (tertiary alicyclic amines) is 1. The van der Waals surface area contributed by atoms with Crippen LogP contribution in [-0.2, 0) is 0 Å². The molecule has 0 bridgehead atoms. The topological polar surface area (TPSA) is 46.3 Å². The van der Waals surface area contributed by atoms with Gasteiger partial charge >= 0.3 is 0 Å². The molecule has 1 aliphatic heterocycles. The average molecular weight is 332 g/mol. The van der Waals surface area contributed by atoms with Crippen molar-refractivity contribution in [3.05, 3.63) is 33.3 Å². The van der Waals surface area contributed by atoms with Crippen molar-refractivity contribution < 1.29 is 4.79 Å². The van der Waals surface area contributed by atoms with Crippen LogP contribution in [0.3, 0.4) is 0 Å². The summed E-state index contributed by atoms with van der Waals surface area (Å²) in [7, 11) is 0. The standard InChI is InChI=1S/C13H16BrClN2O/c14-10-1-2-12(15)11(7-10)13(18)17-5-3-9(8-16)4-6-17/h1-2,7,9H,3-6,8,16H2. The third kappa shape index (κ3) is 3.05. The molecule has 1 aromatic rings. The Kier molecular flexibility index (Phi) is 4.65. The zero-order valence-corrected chi connectivity index (χ0v) is 12.4. The SMILES string of the molecule is NCC1CCN(C(=O)c2cc(Br)ccc2Cl)CC1. The minimum absolute atomic E-state index is 0.0109. The minimum Gasteiger partial charge on any atom is -0.339 e. The summed E-state index contributed by atoms with van der Waals surface area (Å²) in [6, 6.07) is 5.35. The fraction of sp³-hybridized carbons (Fsp3) is 0.462. The highest BCUT2D eigenvalue weighted by Crippen LogP contribution is 2.24. The molecule has 0 atom stereocenters. The van der Waals surface area contributed by atoms with E-state index in [-0.39, 0.29) is 5.91 Å². The summed E-state index contributed by atoms with van der Waals surface area (Å²) in [4.78, 5) is 14.2. The van der Waals surface area contributed by atoms with Crippen molar-refractivity contribution in [2.45, 2.75) is 12.8 Å². The maximum Gasteiger partial charge on any atom is 0.255 e. The first-order valence-electron chi connectivity index (χ1n) is 6.06. The molecule has 0 saturated carbocycles. The van der Waals surface area contributed by atoms with Gasteiger partial charge in [-0.2, -0.15) is 0 Å². The van der Waals surface area contributed by atoms with Gasteiger partial charge in [-0.25, -0.2) is 0 Å². The minimum atomic E-state index is 0.0109. The number of carbonyl (C=O) groups is 1. The normalized spacial score (nSPS) is 16.9. The molecule has 0 spiro atoms. The molecule has 1 aromatic carbocycles. The number of hydrogen-bond donors (Lipinski definition) is 1. The van der Waals surface area contributed by atoms with E-state index in [2.05, 4.69) is 15.9 Å². The number of rotatable bonds is 2. The van der Waals surface area contributed by atoms with E-state index < -0.39 is 0 Å². The fourth-order valence-electron chi connectivity index (χ4n) is 2.20. The van der Waals surface area contributed by atoms with Gasteiger partial charge in [0.1, 0.15) is 0 Å². The zero-order valence-electron chi connectivity index (χ0n) is 10.0. The second kappa shape index (κ2) is 6.04. The summed E-state index contributed by atoms with van der Waals surface area (Å²) in [5.74, 6) is 0.559. The molecule has 3 nitrogen and oxygen atoms in total. The van der Waals surface area contributed by atoms with Crippen LogP contribution in [0.4, 0.5) is 0 Å². The molecule has 2 rings (SSSR count). The van der Waals surface area contributed by atoms with Crippen LogP contribution < -0.4 is 5.73 Å². The number of halogens is 2. The fourth-order valence-corrected chi connectivity index (χ4v) is 2.76. The van der Waals surface area contributed by atoms with Gasteiger partial charge in [0.05, 0.1) is 10.6 Å². The van der Waals surface area contributed by atoms with Crippen LogP contribution in [-0.4, -0.2) is 30.4 Å². The molecule has 1 fully saturated rings. The number of nitrogens with two attached hydrogens (primary N) is 1. The van der Waals surface area contributed by atoms with Crippen molar-refractivity contribution in [3.63, 3.8) is 0 Å². The smallest absolute Gasteiger partial charge is 0.255 e. The van der Waals surface area contributed by atoms with Gasteiger partial charge in [-0.15, -0.1) is 0 Å². The molecule has 98 valence electrons. The second-order valence-electron chi connectivity index (χ2n) is 4.60. The first-order valence-corrected chi connectivity index (χ1v) is 7.23. The molecule has 0 radical (unpaired) electrons. The summed E-state index contributed by atoms with van der Waals surface area (Å²) in [6.07, 6.45) is 1.96. The number of carbonyl (C=O) groups excluding carboxylic acids is 1. The molecule has 0 aromatic heterocycles. The monoisotopic (exact) mass is 330 g/mol. The third-order valence-corrected chi connectivity index (χ3v) is 4.22. The predicted molar refractivity (Wildman–Crippen MR) is 76.8 cm³/mol. The van der Waals surface area contributed by atoms with E-state index in [9.17, 15) is 4.79 Å². The van der Waals surface area contributed by atoms with Gasteiger partial charge in [0.2, 0.25) is 0 Å². The molecular weight excluding hydrogens is 316 g/mol. The number of benzene rings is 1. The van der Waals surface area contributed by atoms with E-state index in [4.69, 9.17) is 17.3 Å². The van der Waals surface area contributed by atoms with Crippen LogP contribution in [0.5, 0.6) is 0 Å². The van der Waals surface area contributed by atoms with Gasteiger partial charge in [0, 0.05) is 17.6 Å². The zero-order chi connectivity index (χ0) is 13.1. The van der Waals surface area contributed by atoms with Crippen LogP contribution in [0.2, 0.25) is 5.02 Å². The van der Waals surface area contributed by atoms with Gasteiger partial charge in [0.15, 0.2) is 0 Å². The van der Waals surface area contributed by atoms with Crippen LogP contribution in [0.1, 0.15) is 23.2 Å². The summed E-state index contributed by atoms with van der Waals surface area (Å²) < 4.78 is 0.868. The molecule has 1 aliphatic rings. The van der Waals surface area contributed by atoms with E-state index in [1.165, 1.54) is 0 Å². The summed E-state index contributed by atoms with van der Waals surface area (Å²) >= 11 is 9.44. The molecule has 0 aliphatic carbocycles. The maximum absolute atomic E-state index is 12.4. The molecule has 2 N–H and O–H groups in total. The van der Waals surface area contributed by atoms with Gasteiger partial charge < -0.3 is 10.6 Å². The Bertz CT molecular complexity index is 445. The number of piperidine rings is 1. The number of hydrogen-bond acceptors (Lipinski definition) is 2. The lowest BCUT2D eigenvalue weighted by Gasteiger charge is -2.31. The van der Waals surface area contributed by atoms with Crippen LogP contribution in [0.15, 0.2) is 22.7 Å². The first-order chi connectivity index (χ1) is 8.61. The maximum atomic E-state index is 12.4. The second-order valence-corrected chi connectivity index (χ2v) is 5.92. The molecule has 1 amide bonds. The number of nitrogens with zero attached hydrogens (tertiary/aromatic N) is 1. The summed E-state index contributed by atoms with van der Waals surface area (Å²) in [5.41, 5.74) is 6.22.